The van der Waals surface area contributed by atoms with Gasteiger partial charge in [-0.3, -0.25) is 0 Å². The van der Waals surface area contributed by atoms with Crippen molar-refractivity contribution in [2.24, 2.45) is 7.05 Å². The van der Waals surface area contributed by atoms with Gasteiger partial charge in [-0.1, -0.05) is 50.2 Å². The Morgan fingerprint density at radius 1 is 0.900 bits per heavy atom. The Balaban J connectivity index is 1.71. The van der Waals surface area contributed by atoms with Crippen LogP contribution in [0.4, 0.5) is 0 Å². The first-order valence-corrected chi connectivity index (χ1v) is 10.4. The molecule has 0 atom stereocenters. The van der Waals surface area contributed by atoms with Crippen LogP contribution in [0.1, 0.15) is 30.5 Å². The number of benzene rings is 2. The molecule has 3 heterocycles. The Kier molecular flexibility index (Phi) is 3.36. The van der Waals surface area contributed by atoms with Crippen LogP contribution in [0.25, 0.3) is 44.6 Å². The Bertz CT molecular complexity index is 1490. The van der Waals surface area contributed by atoms with Gasteiger partial charge in [-0.2, -0.15) is 0 Å². The lowest BCUT2D eigenvalue weighted by Crippen LogP contribution is -2.30. The lowest BCUT2D eigenvalue weighted by Gasteiger charge is -2.20. The molecular formula is C27H23N2O+. The van der Waals surface area contributed by atoms with E-state index < -0.39 is 0 Å². The van der Waals surface area contributed by atoms with Crippen LogP contribution in [0, 0.1) is 6.92 Å². The summed E-state index contributed by atoms with van der Waals surface area (Å²) in [7, 11) is 2.07. The predicted octanol–water partition coefficient (Wildman–Crippen LogP) is 6.09. The van der Waals surface area contributed by atoms with Crippen LogP contribution in [0.3, 0.4) is 0 Å². The zero-order valence-electron chi connectivity index (χ0n) is 17.7. The number of aromatic nitrogens is 2. The summed E-state index contributed by atoms with van der Waals surface area (Å²) >= 11 is 0. The first-order valence-electron chi connectivity index (χ1n) is 10.4. The molecule has 1 aliphatic rings. The second-order valence-electron chi connectivity index (χ2n) is 8.84. The van der Waals surface area contributed by atoms with E-state index in [-0.39, 0.29) is 5.41 Å². The fourth-order valence-electron chi connectivity index (χ4n) is 5.03. The summed E-state index contributed by atoms with van der Waals surface area (Å²) in [5.74, 6) is 0. The Morgan fingerprint density at radius 2 is 1.70 bits per heavy atom. The number of rotatable bonds is 1. The average molecular weight is 391 g/mol. The number of hydrogen-bond donors (Lipinski definition) is 0. The van der Waals surface area contributed by atoms with Crippen molar-refractivity contribution >= 4 is 22.1 Å². The molecule has 0 N–H and O–H groups in total. The van der Waals surface area contributed by atoms with Gasteiger partial charge in [0.25, 0.3) is 0 Å². The molecular weight excluding hydrogens is 368 g/mol. The molecule has 6 rings (SSSR count). The molecule has 3 heteroatoms. The van der Waals surface area contributed by atoms with E-state index in [9.17, 15) is 0 Å². The van der Waals surface area contributed by atoms with Gasteiger partial charge in [-0.15, -0.1) is 0 Å². The van der Waals surface area contributed by atoms with Crippen LogP contribution >= 0.6 is 0 Å². The third kappa shape index (κ3) is 2.15. The normalized spacial score (nSPS) is 14.3. The molecule has 5 aromatic rings. The summed E-state index contributed by atoms with van der Waals surface area (Å²) in [6, 6.07) is 21.5. The van der Waals surface area contributed by atoms with E-state index in [2.05, 4.69) is 93.2 Å². The first-order chi connectivity index (χ1) is 14.5. The fraction of sp³-hybridized carbons (Fsp3) is 0.185. The lowest BCUT2D eigenvalue weighted by atomic mass is 9.82. The molecule has 3 aromatic heterocycles. The molecule has 0 spiro atoms. The molecule has 0 saturated heterocycles. The van der Waals surface area contributed by atoms with Crippen LogP contribution in [0.5, 0.6) is 0 Å². The van der Waals surface area contributed by atoms with Gasteiger partial charge in [-0.25, -0.2) is 9.55 Å². The number of hydrogen-bond acceptors (Lipinski definition) is 2. The molecule has 146 valence electrons. The molecule has 0 amide bonds. The minimum absolute atomic E-state index is 0.0733. The summed E-state index contributed by atoms with van der Waals surface area (Å²) in [5.41, 5.74) is 9.87. The van der Waals surface area contributed by atoms with E-state index >= 15 is 0 Å². The molecule has 3 nitrogen and oxygen atoms in total. The second-order valence-corrected chi connectivity index (χ2v) is 8.84. The fourth-order valence-corrected chi connectivity index (χ4v) is 5.03. The van der Waals surface area contributed by atoms with Crippen molar-refractivity contribution in [3.8, 4) is 22.5 Å². The minimum atomic E-state index is -0.0733. The highest BCUT2D eigenvalue weighted by molar-refractivity contribution is 6.09. The van der Waals surface area contributed by atoms with Crippen LogP contribution in [0.15, 0.2) is 71.3 Å². The van der Waals surface area contributed by atoms with Gasteiger partial charge in [0, 0.05) is 33.9 Å². The molecule has 0 fully saturated rings. The summed E-state index contributed by atoms with van der Waals surface area (Å²) in [6.45, 7) is 6.71. The summed E-state index contributed by atoms with van der Waals surface area (Å²) in [6.07, 6.45) is 2.07. The van der Waals surface area contributed by atoms with E-state index in [0.717, 1.165) is 33.3 Å². The Hall–Kier alpha value is -3.46. The van der Waals surface area contributed by atoms with Crippen LogP contribution in [-0.2, 0) is 12.5 Å². The summed E-state index contributed by atoms with van der Waals surface area (Å²) in [4.78, 5) is 5.04. The van der Waals surface area contributed by atoms with E-state index in [1.165, 1.54) is 22.3 Å². The topological polar surface area (TPSA) is 29.9 Å². The van der Waals surface area contributed by atoms with Crippen molar-refractivity contribution in [2.75, 3.05) is 0 Å². The van der Waals surface area contributed by atoms with Crippen molar-refractivity contribution < 1.29 is 8.98 Å². The van der Waals surface area contributed by atoms with Gasteiger partial charge in [0.15, 0.2) is 11.8 Å². The minimum Gasteiger partial charge on any atom is -0.437 e. The average Bonchev–Trinajstić information content (AvgIpc) is 3.20. The maximum Gasteiger partial charge on any atom is 0.227 e. The summed E-state index contributed by atoms with van der Waals surface area (Å²) < 4.78 is 8.60. The smallest absolute Gasteiger partial charge is 0.227 e. The SMILES string of the molecule is Cc1ccc2c(oc3nc4c(cc32)C(C)(C)c2ccccc2-4)c1-c1cccc[n+]1C. The van der Waals surface area contributed by atoms with E-state index in [4.69, 9.17) is 9.40 Å². The van der Waals surface area contributed by atoms with Crippen molar-refractivity contribution in [3.63, 3.8) is 0 Å². The lowest BCUT2D eigenvalue weighted by molar-refractivity contribution is -0.660. The molecule has 30 heavy (non-hydrogen) atoms. The van der Waals surface area contributed by atoms with Gasteiger partial charge < -0.3 is 4.42 Å². The summed E-state index contributed by atoms with van der Waals surface area (Å²) in [5, 5.41) is 2.21. The number of nitrogens with zero attached hydrogens (tertiary/aromatic N) is 2. The Labute approximate surface area is 175 Å². The highest BCUT2D eigenvalue weighted by atomic mass is 16.3. The second kappa shape index (κ2) is 5.79. The number of furan rings is 1. The molecule has 0 bridgehead atoms. The Morgan fingerprint density at radius 3 is 2.53 bits per heavy atom. The molecule has 0 aliphatic heterocycles. The van der Waals surface area contributed by atoms with Crippen molar-refractivity contribution in [1.82, 2.24) is 4.98 Å². The number of fused-ring (bicyclic) bond motifs is 6. The molecule has 0 saturated carbocycles. The molecule has 2 aromatic carbocycles. The zero-order chi connectivity index (χ0) is 20.6. The van der Waals surface area contributed by atoms with E-state index in [1.54, 1.807) is 0 Å². The van der Waals surface area contributed by atoms with Crippen LogP contribution in [0.2, 0.25) is 0 Å². The zero-order valence-corrected chi connectivity index (χ0v) is 17.7. The van der Waals surface area contributed by atoms with Gasteiger partial charge >= 0.3 is 0 Å². The highest BCUT2D eigenvalue weighted by Gasteiger charge is 2.37. The maximum atomic E-state index is 6.46. The van der Waals surface area contributed by atoms with E-state index in [1.807, 2.05) is 6.07 Å². The quantitative estimate of drug-likeness (QED) is 0.324. The van der Waals surface area contributed by atoms with Crippen molar-refractivity contribution in [3.05, 3.63) is 83.6 Å². The largest absolute Gasteiger partial charge is 0.437 e. The van der Waals surface area contributed by atoms with Crippen LogP contribution in [-0.4, -0.2) is 4.98 Å². The standard InChI is InChI=1S/C27H23N2O/c1-16-12-13-17-19-15-21-24(18-9-5-6-10-20(18)27(21,2)3)28-26(19)30-25(17)23(16)22-11-7-8-14-29(22)4/h5-15H,1-4H3/q+1. The number of pyridine rings is 2. The highest BCUT2D eigenvalue weighted by Crippen LogP contribution is 2.49. The molecule has 0 unspecified atom stereocenters. The van der Waals surface area contributed by atoms with Gasteiger partial charge in [0.2, 0.25) is 11.4 Å². The maximum absolute atomic E-state index is 6.46. The number of aryl methyl sites for hydroxylation is 2. The molecule has 1 aliphatic carbocycles. The van der Waals surface area contributed by atoms with Crippen molar-refractivity contribution in [2.45, 2.75) is 26.2 Å². The van der Waals surface area contributed by atoms with Crippen molar-refractivity contribution in [1.29, 1.82) is 0 Å². The van der Waals surface area contributed by atoms with E-state index in [0.29, 0.717) is 5.71 Å². The van der Waals surface area contributed by atoms with Gasteiger partial charge in [-0.05, 0) is 35.7 Å². The van der Waals surface area contributed by atoms with Gasteiger partial charge in [0.05, 0.1) is 11.3 Å². The monoisotopic (exact) mass is 391 g/mol. The predicted molar refractivity (Wildman–Crippen MR) is 120 cm³/mol. The molecule has 0 radical (unpaired) electrons. The van der Waals surface area contributed by atoms with Gasteiger partial charge in [0.1, 0.15) is 7.05 Å². The first kappa shape index (κ1) is 17.4. The van der Waals surface area contributed by atoms with Crippen LogP contribution < -0.4 is 4.57 Å². The third-order valence-electron chi connectivity index (χ3n) is 6.68. The third-order valence-corrected chi connectivity index (χ3v) is 6.68.